The Labute approximate surface area is 136 Å². The summed E-state index contributed by atoms with van der Waals surface area (Å²) in [6.07, 6.45) is 0. The van der Waals surface area contributed by atoms with Crippen LogP contribution in [0.5, 0.6) is 0 Å². The second kappa shape index (κ2) is 5.69. The van der Waals surface area contributed by atoms with E-state index < -0.39 is 15.1 Å². The van der Waals surface area contributed by atoms with Gasteiger partial charge in [-0.25, -0.2) is 8.42 Å². The summed E-state index contributed by atoms with van der Waals surface area (Å²) < 4.78 is 25.7. The molecule has 22 heavy (non-hydrogen) atoms. The maximum atomic E-state index is 12.9. The minimum atomic E-state index is -3.38. The highest BCUT2D eigenvalue weighted by Crippen LogP contribution is 2.53. The number of sulfone groups is 1. The van der Waals surface area contributed by atoms with Crippen molar-refractivity contribution in [2.24, 2.45) is 11.7 Å². The molecule has 0 spiro atoms. The Bertz CT molecular complexity index is 787. The van der Waals surface area contributed by atoms with Crippen LogP contribution in [0.3, 0.4) is 0 Å². The van der Waals surface area contributed by atoms with Gasteiger partial charge in [0.2, 0.25) is 0 Å². The largest absolute Gasteiger partial charge is 0.330 e. The summed E-state index contributed by atoms with van der Waals surface area (Å²) in [7, 11) is -3.38. The van der Waals surface area contributed by atoms with Gasteiger partial charge in [0.1, 0.15) is 0 Å². The van der Waals surface area contributed by atoms with Gasteiger partial charge in [0, 0.05) is 10.9 Å². The fourth-order valence-corrected chi connectivity index (χ4v) is 5.51. The lowest BCUT2D eigenvalue weighted by atomic mass is 10.1. The minimum Gasteiger partial charge on any atom is -0.330 e. The minimum absolute atomic E-state index is 0.0511. The molecule has 2 aromatic rings. The Morgan fingerprint density at radius 1 is 1.14 bits per heavy atom. The molecule has 3 rings (SSSR count). The zero-order valence-electron chi connectivity index (χ0n) is 12.2. The molecule has 1 saturated carbocycles. The van der Waals surface area contributed by atoms with E-state index in [-0.39, 0.29) is 11.8 Å². The van der Waals surface area contributed by atoms with Crippen LogP contribution in [-0.2, 0) is 9.84 Å². The summed E-state index contributed by atoms with van der Waals surface area (Å²) >= 11 is 6.02. The summed E-state index contributed by atoms with van der Waals surface area (Å²) in [5.74, 6) is -0.125. The Kier molecular flexibility index (Phi) is 4.02. The monoisotopic (exact) mass is 335 g/mol. The van der Waals surface area contributed by atoms with E-state index in [2.05, 4.69) is 0 Å². The molecule has 1 fully saturated rings. The fraction of sp³-hybridized carbons (Fsp3) is 0.294. The molecule has 5 heteroatoms. The molecule has 3 atom stereocenters. The molecule has 0 heterocycles. The highest BCUT2D eigenvalue weighted by atomic mass is 35.5. The van der Waals surface area contributed by atoms with Crippen LogP contribution in [0.2, 0.25) is 5.02 Å². The fourth-order valence-electron chi connectivity index (χ4n) is 3.08. The third kappa shape index (κ3) is 2.67. The van der Waals surface area contributed by atoms with Crippen molar-refractivity contribution in [2.75, 3.05) is 6.54 Å². The van der Waals surface area contributed by atoms with Crippen LogP contribution < -0.4 is 5.73 Å². The van der Waals surface area contributed by atoms with E-state index >= 15 is 0 Å². The molecule has 1 aliphatic rings. The van der Waals surface area contributed by atoms with Crippen molar-refractivity contribution in [2.45, 2.75) is 23.0 Å². The lowest BCUT2D eigenvalue weighted by molar-refractivity contribution is 0.591. The molecular weight excluding hydrogens is 318 g/mol. The summed E-state index contributed by atoms with van der Waals surface area (Å²) in [4.78, 5) is 0.367. The van der Waals surface area contributed by atoms with Crippen LogP contribution in [-0.4, -0.2) is 20.2 Å². The normalized spacial score (nSPS) is 24.2. The quantitative estimate of drug-likeness (QED) is 0.933. The maximum absolute atomic E-state index is 12.9. The molecule has 0 saturated heterocycles. The Morgan fingerprint density at radius 3 is 2.41 bits per heavy atom. The number of benzene rings is 2. The van der Waals surface area contributed by atoms with Gasteiger partial charge in [0.25, 0.3) is 0 Å². The predicted octanol–water partition coefficient (Wildman–Crippen LogP) is 3.16. The summed E-state index contributed by atoms with van der Waals surface area (Å²) in [5.41, 5.74) is 7.78. The topological polar surface area (TPSA) is 60.2 Å². The van der Waals surface area contributed by atoms with Crippen molar-refractivity contribution in [3.05, 3.63) is 64.7 Å². The molecule has 1 aliphatic carbocycles. The molecule has 2 N–H and O–H groups in total. The van der Waals surface area contributed by atoms with Crippen molar-refractivity contribution in [1.82, 2.24) is 0 Å². The van der Waals surface area contributed by atoms with E-state index in [9.17, 15) is 8.42 Å². The molecule has 0 aromatic heterocycles. The number of hydrogen-bond donors (Lipinski definition) is 1. The predicted molar refractivity (Wildman–Crippen MR) is 88.9 cm³/mol. The second-order valence-electron chi connectivity index (χ2n) is 5.80. The first-order chi connectivity index (χ1) is 10.4. The summed E-state index contributed by atoms with van der Waals surface area (Å²) in [6, 6.07) is 14.4. The molecule has 0 unspecified atom stereocenters. The molecule has 0 radical (unpaired) electrons. The first kappa shape index (κ1) is 15.5. The van der Waals surface area contributed by atoms with Crippen molar-refractivity contribution >= 4 is 21.4 Å². The lowest BCUT2D eigenvalue weighted by Gasteiger charge is -2.05. The third-order valence-corrected chi connectivity index (χ3v) is 6.83. The summed E-state index contributed by atoms with van der Waals surface area (Å²) in [6.45, 7) is 2.29. The van der Waals surface area contributed by atoms with Crippen LogP contribution in [0.15, 0.2) is 53.4 Å². The van der Waals surface area contributed by atoms with E-state index in [4.69, 9.17) is 17.3 Å². The Hall–Kier alpha value is -1.36. The van der Waals surface area contributed by atoms with E-state index in [1.165, 1.54) is 0 Å². The first-order valence-corrected chi connectivity index (χ1v) is 9.13. The van der Waals surface area contributed by atoms with Crippen molar-refractivity contribution in [1.29, 1.82) is 0 Å². The van der Waals surface area contributed by atoms with Crippen molar-refractivity contribution in [3.63, 3.8) is 0 Å². The van der Waals surface area contributed by atoms with Gasteiger partial charge in [-0.2, -0.15) is 0 Å². The molecule has 116 valence electrons. The molecule has 0 amide bonds. The molecule has 2 aromatic carbocycles. The zero-order chi connectivity index (χ0) is 15.9. The molecule has 0 aliphatic heterocycles. The van der Waals surface area contributed by atoms with Gasteiger partial charge in [-0.15, -0.1) is 0 Å². The van der Waals surface area contributed by atoms with Gasteiger partial charge in [-0.3, -0.25) is 0 Å². The second-order valence-corrected chi connectivity index (χ2v) is 8.35. The van der Waals surface area contributed by atoms with E-state index in [1.54, 1.807) is 18.2 Å². The number of hydrogen-bond acceptors (Lipinski definition) is 3. The third-order valence-electron chi connectivity index (χ3n) is 4.31. The van der Waals surface area contributed by atoms with Gasteiger partial charge in [0.05, 0.1) is 10.1 Å². The lowest BCUT2D eigenvalue weighted by Crippen LogP contribution is -2.13. The van der Waals surface area contributed by atoms with E-state index in [1.807, 2.05) is 37.3 Å². The zero-order valence-corrected chi connectivity index (χ0v) is 13.8. The highest BCUT2D eigenvalue weighted by molar-refractivity contribution is 7.92. The van der Waals surface area contributed by atoms with E-state index in [0.717, 1.165) is 11.1 Å². The van der Waals surface area contributed by atoms with Crippen LogP contribution in [0.1, 0.15) is 17.0 Å². The number of halogens is 1. The van der Waals surface area contributed by atoms with Gasteiger partial charge in [-0.05, 0) is 49.2 Å². The van der Waals surface area contributed by atoms with Gasteiger partial charge >= 0.3 is 0 Å². The number of nitrogens with two attached hydrogens (primary N) is 1. The highest BCUT2D eigenvalue weighted by Gasteiger charge is 2.58. The maximum Gasteiger partial charge on any atom is 0.182 e. The van der Waals surface area contributed by atoms with Crippen LogP contribution in [0.4, 0.5) is 0 Å². The Balaban J connectivity index is 1.95. The number of aryl methyl sites for hydroxylation is 1. The molecule has 0 bridgehead atoms. The Morgan fingerprint density at radius 2 is 1.82 bits per heavy atom. The van der Waals surface area contributed by atoms with Crippen LogP contribution in [0.25, 0.3) is 0 Å². The molecular formula is C17H18ClNO2S. The van der Waals surface area contributed by atoms with Crippen molar-refractivity contribution in [3.8, 4) is 0 Å². The summed E-state index contributed by atoms with van der Waals surface area (Å²) in [5, 5.41) is 0.158. The van der Waals surface area contributed by atoms with Gasteiger partial charge in [0.15, 0.2) is 9.84 Å². The average Bonchev–Trinajstić information content (AvgIpc) is 3.23. The SMILES string of the molecule is Cc1ccc(S(=O)(=O)[C@H]2[C@@H](CN)[C@@H]2c2cccc(Cl)c2)cc1. The first-order valence-electron chi connectivity index (χ1n) is 7.21. The number of rotatable bonds is 4. The standard InChI is InChI=1S/C17H18ClNO2S/c1-11-5-7-14(8-6-11)22(20,21)17-15(10-19)16(17)12-3-2-4-13(18)9-12/h2-9,15-17H,10,19H2,1H3/t15-,16-,17-/m0/s1. The van der Waals surface area contributed by atoms with Crippen LogP contribution >= 0.6 is 11.6 Å². The molecule has 3 nitrogen and oxygen atoms in total. The van der Waals surface area contributed by atoms with E-state index in [0.29, 0.717) is 16.5 Å². The smallest absolute Gasteiger partial charge is 0.182 e. The van der Waals surface area contributed by atoms with Crippen LogP contribution in [0, 0.1) is 12.8 Å². The van der Waals surface area contributed by atoms with Crippen molar-refractivity contribution < 1.29 is 8.42 Å². The van der Waals surface area contributed by atoms with Gasteiger partial charge in [-0.1, -0.05) is 41.4 Å². The van der Waals surface area contributed by atoms with Gasteiger partial charge < -0.3 is 5.73 Å². The average molecular weight is 336 g/mol.